The summed E-state index contributed by atoms with van der Waals surface area (Å²) < 4.78 is 9.21. The highest BCUT2D eigenvalue weighted by molar-refractivity contribution is 5.22. The first-order chi connectivity index (χ1) is 12.2. The average molecular weight is 341 g/mol. The van der Waals surface area contributed by atoms with E-state index in [9.17, 15) is 4.79 Å². The normalized spacial score (nSPS) is 20.3. The highest BCUT2D eigenvalue weighted by Gasteiger charge is 2.29. The molecule has 1 saturated heterocycles. The van der Waals surface area contributed by atoms with Crippen LogP contribution in [-0.2, 0) is 43.8 Å². The van der Waals surface area contributed by atoms with Crippen molar-refractivity contribution in [2.75, 3.05) is 19.7 Å². The number of aromatic nitrogens is 4. The van der Waals surface area contributed by atoms with Gasteiger partial charge in [0.2, 0.25) is 0 Å². The van der Waals surface area contributed by atoms with Crippen molar-refractivity contribution in [3.8, 4) is 0 Å². The molecular formula is C18H23N5O2. The maximum Gasteiger partial charge on any atom is 0.267 e. The summed E-state index contributed by atoms with van der Waals surface area (Å²) in [7, 11) is 0. The molecule has 132 valence electrons. The molecule has 2 aromatic heterocycles. The highest BCUT2D eigenvalue weighted by Crippen LogP contribution is 2.22. The fraction of sp³-hybridized carbons (Fsp3) is 0.611. The number of nitrogens with zero attached hydrogens (tertiary/aromatic N) is 5. The average Bonchev–Trinajstić information content (AvgIpc) is 3.18. The summed E-state index contributed by atoms with van der Waals surface area (Å²) in [6.07, 6.45) is 3.15. The lowest BCUT2D eigenvalue weighted by molar-refractivity contribution is 0.0736. The van der Waals surface area contributed by atoms with E-state index < -0.39 is 0 Å². The second kappa shape index (κ2) is 6.07. The third kappa shape index (κ3) is 2.91. The summed E-state index contributed by atoms with van der Waals surface area (Å²) in [5.74, 6) is 0.505. The van der Waals surface area contributed by atoms with Gasteiger partial charge < -0.3 is 4.74 Å². The van der Waals surface area contributed by atoms with Crippen LogP contribution in [0.25, 0.3) is 0 Å². The Labute approximate surface area is 146 Å². The summed E-state index contributed by atoms with van der Waals surface area (Å²) in [4.78, 5) is 14.6. The van der Waals surface area contributed by atoms with Crippen molar-refractivity contribution in [2.24, 2.45) is 5.92 Å². The van der Waals surface area contributed by atoms with Crippen LogP contribution in [0, 0.1) is 5.92 Å². The highest BCUT2D eigenvalue weighted by atomic mass is 16.5. The van der Waals surface area contributed by atoms with Gasteiger partial charge in [0.25, 0.3) is 5.56 Å². The Morgan fingerprint density at radius 2 is 2.12 bits per heavy atom. The summed E-state index contributed by atoms with van der Waals surface area (Å²) in [6.45, 7) is 5.89. The second-order valence-corrected chi connectivity index (χ2v) is 7.45. The Hall–Kier alpha value is -1.99. The summed E-state index contributed by atoms with van der Waals surface area (Å²) in [5.41, 5.74) is 4.63. The third-order valence-corrected chi connectivity index (χ3v) is 5.48. The molecule has 4 heterocycles. The summed E-state index contributed by atoms with van der Waals surface area (Å²) in [6, 6.07) is 3.95. The van der Waals surface area contributed by atoms with Crippen molar-refractivity contribution >= 4 is 0 Å². The number of likely N-dealkylation sites (tertiary alicyclic amines) is 1. The lowest BCUT2D eigenvalue weighted by Gasteiger charge is -2.38. The summed E-state index contributed by atoms with van der Waals surface area (Å²) in [5, 5.41) is 9.25. The summed E-state index contributed by atoms with van der Waals surface area (Å²) >= 11 is 0. The minimum absolute atomic E-state index is 0.0564. The molecule has 2 aromatic rings. The van der Waals surface area contributed by atoms with Crippen molar-refractivity contribution in [3.63, 3.8) is 0 Å². The maximum absolute atomic E-state index is 12.2. The molecule has 0 radical (unpaired) electrons. The van der Waals surface area contributed by atoms with Crippen LogP contribution in [0.15, 0.2) is 16.9 Å². The first-order valence-corrected chi connectivity index (χ1v) is 9.20. The van der Waals surface area contributed by atoms with Crippen molar-refractivity contribution in [1.82, 2.24) is 24.5 Å². The number of ether oxygens (including phenoxy) is 1. The van der Waals surface area contributed by atoms with Gasteiger partial charge in [-0.05, 0) is 30.9 Å². The van der Waals surface area contributed by atoms with E-state index in [1.807, 2.05) is 0 Å². The molecule has 0 atom stereocenters. The molecule has 3 aliphatic rings. The Morgan fingerprint density at radius 3 is 3.00 bits per heavy atom. The second-order valence-electron chi connectivity index (χ2n) is 7.45. The van der Waals surface area contributed by atoms with Crippen molar-refractivity contribution in [3.05, 3.63) is 45.1 Å². The fourth-order valence-electron chi connectivity index (χ4n) is 4.20. The van der Waals surface area contributed by atoms with E-state index in [1.54, 1.807) is 10.7 Å². The molecule has 7 nitrogen and oxygen atoms in total. The number of rotatable bonds is 4. The molecule has 0 spiro atoms. The Kier molecular flexibility index (Phi) is 3.71. The van der Waals surface area contributed by atoms with Gasteiger partial charge in [-0.2, -0.15) is 10.2 Å². The molecule has 1 fully saturated rings. The van der Waals surface area contributed by atoms with Crippen LogP contribution in [0.5, 0.6) is 0 Å². The predicted octanol–water partition coefficient (Wildman–Crippen LogP) is 0.591. The quantitative estimate of drug-likeness (QED) is 0.814. The molecule has 0 N–H and O–H groups in total. The predicted molar refractivity (Wildman–Crippen MR) is 91.2 cm³/mol. The maximum atomic E-state index is 12.2. The molecule has 0 saturated carbocycles. The van der Waals surface area contributed by atoms with Crippen LogP contribution in [0.2, 0.25) is 0 Å². The SMILES string of the molecule is O=c1cc2c(nn1CC1CN(Cc3cc4n(n3)CCOC4)C1)CCC2. The zero-order chi connectivity index (χ0) is 16.8. The Bertz CT molecular complexity index is 826. The monoisotopic (exact) mass is 341 g/mol. The Morgan fingerprint density at radius 1 is 1.20 bits per heavy atom. The van der Waals surface area contributed by atoms with Gasteiger partial charge in [0.05, 0.1) is 43.4 Å². The topological polar surface area (TPSA) is 65.2 Å². The Balaban J connectivity index is 1.18. The molecule has 5 rings (SSSR count). The zero-order valence-electron chi connectivity index (χ0n) is 14.4. The van der Waals surface area contributed by atoms with Gasteiger partial charge in [0.15, 0.2) is 0 Å². The van der Waals surface area contributed by atoms with Gasteiger partial charge in [-0.25, -0.2) is 4.68 Å². The largest absolute Gasteiger partial charge is 0.373 e. The molecule has 0 amide bonds. The van der Waals surface area contributed by atoms with Gasteiger partial charge in [0, 0.05) is 31.6 Å². The lowest BCUT2D eigenvalue weighted by Crippen LogP contribution is -2.49. The number of hydrogen-bond donors (Lipinski definition) is 0. The van der Waals surface area contributed by atoms with E-state index in [0.29, 0.717) is 12.5 Å². The van der Waals surface area contributed by atoms with Crippen LogP contribution >= 0.6 is 0 Å². The van der Waals surface area contributed by atoms with Crippen molar-refractivity contribution in [2.45, 2.75) is 45.5 Å². The van der Waals surface area contributed by atoms with Crippen LogP contribution in [0.1, 0.15) is 29.1 Å². The molecule has 7 heteroatoms. The number of fused-ring (bicyclic) bond motifs is 2. The third-order valence-electron chi connectivity index (χ3n) is 5.48. The van der Waals surface area contributed by atoms with Crippen molar-refractivity contribution in [1.29, 1.82) is 0 Å². The van der Waals surface area contributed by atoms with E-state index in [0.717, 1.165) is 75.5 Å². The van der Waals surface area contributed by atoms with Gasteiger partial charge in [0.1, 0.15) is 0 Å². The standard InChI is InChI=1S/C18H23N5O2/c24-18-6-14-2-1-3-17(14)20-23(18)10-13-8-21(9-13)11-15-7-16-12-25-5-4-22(16)19-15/h6-7,13H,1-5,8-12H2. The van der Waals surface area contributed by atoms with Crippen LogP contribution in [0.4, 0.5) is 0 Å². The van der Waals surface area contributed by atoms with Crippen LogP contribution in [-0.4, -0.2) is 44.2 Å². The smallest absolute Gasteiger partial charge is 0.267 e. The first-order valence-electron chi connectivity index (χ1n) is 9.20. The first kappa shape index (κ1) is 15.3. The minimum atomic E-state index is 0.0564. The minimum Gasteiger partial charge on any atom is -0.373 e. The molecular weight excluding hydrogens is 318 g/mol. The van der Waals surface area contributed by atoms with Gasteiger partial charge in [-0.3, -0.25) is 14.4 Å². The number of aryl methyl sites for hydroxylation is 2. The number of hydrogen-bond acceptors (Lipinski definition) is 5. The van der Waals surface area contributed by atoms with Crippen LogP contribution < -0.4 is 5.56 Å². The van der Waals surface area contributed by atoms with Crippen molar-refractivity contribution < 1.29 is 4.74 Å². The molecule has 0 aromatic carbocycles. The lowest BCUT2D eigenvalue weighted by atomic mass is 10.00. The van der Waals surface area contributed by atoms with E-state index in [2.05, 4.69) is 25.8 Å². The fourth-order valence-corrected chi connectivity index (χ4v) is 4.20. The molecule has 0 unspecified atom stereocenters. The molecule has 2 aliphatic heterocycles. The van der Waals surface area contributed by atoms with E-state index in [1.165, 1.54) is 5.69 Å². The molecule has 0 bridgehead atoms. The van der Waals surface area contributed by atoms with Crippen LogP contribution in [0.3, 0.4) is 0 Å². The van der Waals surface area contributed by atoms with E-state index in [-0.39, 0.29) is 5.56 Å². The van der Waals surface area contributed by atoms with Gasteiger partial charge >= 0.3 is 0 Å². The van der Waals surface area contributed by atoms with Gasteiger partial charge in [-0.1, -0.05) is 0 Å². The van der Waals surface area contributed by atoms with E-state index >= 15 is 0 Å². The molecule has 25 heavy (non-hydrogen) atoms. The zero-order valence-corrected chi connectivity index (χ0v) is 14.4. The molecule has 1 aliphatic carbocycles. The van der Waals surface area contributed by atoms with Gasteiger partial charge in [-0.15, -0.1) is 0 Å². The van der Waals surface area contributed by atoms with E-state index in [4.69, 9.17) is 4.74 Å².